The van der Waals surface area contributed by atoms with E-state index in [1.54, 1.807) is 0 Å². The van der Waals surface area contributed by atoms with E-state index in [1.807, 2.05) is 0 Å². The maximum absolute atomic E-state index is 12.9. The quantitative estimate of drug-likeness (QED) is 0.637. The fraction of sp³-hybridized carbons (Fsp3) is 0.200. The molecule has 2 aromatic carbocycles. The lowest BCUT2D eigenvalue weighted by Crippen LogP contribution is -2.33. The molecule has 3 rings (SSSR count). The summed E-state index contributed by atoms with van der Waals surface area (Å²) >= 11 is 0. The Balaban J connectivity index is 2.26. The molecular weight excluding hydrogens is 396 g/mol. The number of carbonyl (C=O) groups is 4. The van der Waals surface area contributed by atoms with Crippen LogP contribution in [0.5, 0.6) is 0 Å². The molecular formula is C20H18N2O6S. The molecule has 8 nitrogen and oxygen atoms in total. The SMILES string of the molecule is CC(=O)N(C(C)=O)c1ccc2c(c1)-c1cc(N(C(C)=O)C(C)=O)ccc1S2(=O)=O. The number of fused-ring (bicyclic) bond motifs is 3. The molecule has 0 saturated carbocycles. The zero-order chi connectivity index (χ0) is 21.7. The Morgan fingerprint density at radius 2 is 0.931 bits per heavy atom. The molecule has 1 heterocycles. The summed E-state index contributed by atoms with van der Waals surface area (Å²) in [7, 11) is -3.81. The van der Waals surface area contributed by atoms with E-state index in [2.05, 4.69) is 0 Å². The summed E-state index contributed by atoms with van der Waals surface area (Å²) in [5.74, 6) is -2.03. The van der Waals surface area contributed by atoms with Crippen LogP contribution < -0.4 is 9.80 Å². The van der Waals surface area contributed by atoms with Crippen molar-refractivity contribution >= 4 is 44.8 Å². The number of hydrogen-bond acceptors (Lipinski definition) is 6. The van der Waals surface area contributed by atoms with E-state index in [1.165, 1.54) is 64.1 Å². The number of rotatable bonds is 2. The van der Waals surface area contributed by atoms with Gasteiger partial charge in [-0.2, -0.15) is 0 Å². The average Bonchev–Trinajstić information content (AvgIpc) is 2.81. The van der Waals surface area contributed by atoms with Crippen molar-refractivity contribution in [2.75, 3.05) is 9.80 Å². The molecule has 150 valence electrons. The Kier molecular flexibility index (Phi) is 4.87. The van der Waals surface area contributed by atoms with Gasteiger partial charge >= 0.3 is 0 Å². The highest BCUT2D eigenvalue weighted by atomic mass is 32.2. The van der Waals surface area contributed by atoms with E-state index in [9.17, 15) is 27.6 Å². The van der Waals surface area contributed by atoms with Crippen LogP contribution in [0.2, 0.25) is 0 Å². The number of imide groups is 2. The minimum absolute atomic E-state index is 0.0256. The Bertz CT molecular complexity index is 1080. The zero-order valence-electron chi connectivity index (χ0n) is 16.2. The molecule has 4 amide bonds. The summed E-state index contributed by atoms with van der Waals surface area (Å²) in [6, 6.07) is 8.35. The van der Waals surface area contributed by atoms with Gasteiger partial charge in [0, 0.05) is 38.8 Å². The minimum Gasteiger partial charge on any atom is -0.274 e. The Morgan fingerprint density at radius 3 is 1.21 bits per heavy atom. The summed E-state index contributed by atoms with van der Waals surface area (Å²) in [6.07, 6.45) is 0. The van der Waals surface area contributed by atoms with Crippen molar-refractivity contribution in [2.24, 2.45) is 0 Å². The highest BCUT2D eigenvalue weighted by Crippen LogP contribution is 2.46. The van der Waals surface area contributed by atoms with Crippen LogP contribution in [0.25, 0.3) is 11.1 Å². The minimum atomic E-state index is -3.81. The topological polar surface area (TPSA) is 109 Å². The number of sulfone groups is 1. The Morgan fingerprint density at radius 1 is 0.621 bits per heavy atom. The van der Waals surface area contributed by atoms with Crippen molar-refractivity contribution in [3.63, 3.8) is 0 Å². The van der Waals surface area contributed by atoms with Gasteiger partial charge in [-0.15, -0.1) is 0 Å². The van der Waals surface area contributed by atoms with Crippen molar-refractivity contribution in [1.82, 2.24) is 0 Å². The second kappa shape index (κ2) is 6.93. The standard InChI is InChI=1S/C20H18N2O6S/c1-11(23)21(12(2)24)15-5-7-19-17(9-15)18-10-16(22(13(3)25)14(4)26)6-8-20(18)29(19,27)28/h5-10H,1-4H3. The fourth-order valence-electron chi connectivity index (χ4n) is 3.49. The number of nitrogens with zero attached hydrogens (tertiary/aromatic N) is 2. The fourth-order valence-corrected chi connectivity index (χ4v) is 5.14. The normalized spacial score (nSPS) is 13.2. The van der Waals surface area contributed by atoms with Crippen LogP contribution in [-0.4, -0.2) is 32.0 Å². The second-order valence-electron chi connectivity index (χ2n) is 6.61. The molecule has 0 atom stereocenters. The van der Waals surface area contributed by atoms with Gasteiger partial charge < -0.3 is 0 Å². The summed E-state index contributed by atoms with van der Waals surface area (Å²) in [5, 5.41) is 0. The van der Waals surface area contributed by atoms with E-state index >= 15 is 0 Å². The summed E-state index contributed by atoms with van der Waals surface area (Å²) in [6.45, 7) is 4.92. The van der Waals surface area contributed by atoms with Gasteiger partial charge in [0.1, 0.15) is 0 Å². The molecule has 0 bridgehead atoms. The maximum atomic E-state index is 12.9. The van der Waals surface area contributed by atoms with Crippen LogP contribution in [0.3, 0.4) is 0 Å². The third-order valence-electron chi connectivity index (χ3n) is 4.57. The molecule has 0 radical (unpaired) electrons. The molecule has 29 heavy (non-hydrogen) atoms. The monoisotopic (exact) mass is 414 g/mol. The third kappa shape index (κ3) is 3.23. The Labute approximate surface area is 167 Å². The lowest BCUT2D eigenvalue weighted by molar-refractivity contribution is -0.125. The van der Waals surface area contributed by atoms with Crippen LogP contribution in [0.1, 0.15) is 27.7 Å². The van der Waals surface area contributed by atoms with Crippen molar-refractivity contribution in [3.05, 3.63) is 36.4 Å². The first-order chi connectivity index (χ1) is 13.5. The van der Waals surface area contributed by atoms with Crippen molar-refractivity contribution in [1.29, 1.82) is 0 Å². The number of benzene rings is 2. The molecule has 0 spiro atoms. The molecule has 0 unspecified atom stereocenters. The average molecular weight is 414 g/mol. The number of carbonyl (C=O) groups excluding carboxylic acids is 4. The maximum Gasteiger partial charge on any atom is 0.230 e. The predicted octanol–water partition coefficient (Wildman–Crippen LogP) is 2.30. The molecule has 0 saturated heterocycles. The van der Waals surface area contributed by atoms with Gasteiger partial charge in [0.15, 0.2) is 0 Å². The molecule has 0 N–H and O–H groups in total. The lowest BCUT2D eigenvalue weighted by atomic mass is 10.0. The van der Waals surface area contributed by atoms with E-state index in [0.717, 1.165) is 9.80 Å². The van der Waals surface area contributed by atoms with Crippen LogP contribution in [0.15, 0.2) is 46.2 Å². The van der Waals surface area contributed by atoms with Crippen LogP contribution in [0.4, 0.5) is 11.4 Å². The molecule has 0 aliphatic carbocycles. The molecule has 0 aromatic heterocycles. The first kappa shape index (κ1) is 20.4. The van der Waals surface area contributed by atoms with E-state index in [0.29, 0.717) is 11.1 Å². The number of amides is 4. The smallest absolute Gasteiger partial charge is 0.230 e. The number of anilines is 2. The second-order valence-corrected chi connectivity index (χ2v) is 8.50. The molecule has 1 aliphatic heterocycles. The summed E-state index contributed by atoms with van der Waals surface area (Å²) in [4.78, 5) is 49.4. The summed E-state index contributed by atoms with van der Waals surface area (Å²) in [5.41, 5.74) is 1.04. The largest absolute Gasteiger partial charge is 0.274 e. The summed E-state index contributed by atoms with van der Waals surface area (Å²) < 4.78 is 25.8. The van der Waals surface area contributed by atoms with Gasteiger partial charge in [0.2, 0.25) is 33.5 Å². The van der Waals surface area contributed by atoms with Gasteiger partial charge in [-0.1, -0.05) is 0 Å². The molecule has 2 aromatic rings. The first-order valence-corrected chi connectivity index (χ1v) is 10.1. The van der Waals surface area contributed by atoms with Gasteiger partial charge in [-0.3, -0.25) is 29.0 Å². The Hall–Kier alpha value is -3.33. The number of hydrogen-bond donors (Lipinski definition) is 0. The van der Waals surface area contributed by atoms with Gasteiger partial charge in [0.25, 0.3) is 0 Å². The van der Waals surface area contributed by atoms with Crippen molar-refractivity contribution in [2.45, 2.75) is 37.5 Å². The lowest BCUT2D eigenvalue weighted by Gasteiger charge is -2.19. The predicted molar refractivity (Wildman–Crippen MR) is 105 cm³/mol. The van der Waals surface area contributed by atoms with Crippen LogP contribution in [-0.2, 0) is 29.0 Å². The van der Waals surface area contributed by atoms with Crippen LogP contribution >= 0.6 is 0 Å². The van der Waals surface area contributed by atoms with E-state index < -0.39 is 33.5 Å². The van der Waals surface area contributed by atoms with Gasteiger partial charge in [0.05, 0.1) is 21.2 Å². The van der Waals surface area contributed by atoms with Crippen molar-refractivity contribution < 1.29 is 27.6 Å². The molecule has 0 fully saturated rings. The van der Waals surface area contributed by atoms with E-state index in [4.69, 9.17) is 0 Å². The molecule has 9 heteroatoms. The van der Waals surface area contributed by atoms with Crippen LogP contribution in [0, 0.1) is 0 Å². The highest BCUT2D eigenvalue weighted by molar-refractivity contribution is 7.92. The molecule has 1 aliphatic rings. The van der Waals surface area contributed by atoms with E-state index in [-0.39, 0.29) is 21.2 Å². The van der Waals surface area contributed by atoms with Crippen molar-refractivity contribution in [3.8, 4) is 11.1 Å². The first-order valence-electron chi connectivity index (χ1n) is 8.63. The highest BCUT2D eigenvalue weighted by Gasteiger charge is 2.35. The van der Waals surface area contributed by atoms with Gasteiger partial charge in [-0.05, 0) is 36.4 Å². The third-order valence-corrected chi connectivity index (χ3v) is 6.44. The zero-order valence-corrected chi connectivity index (χ0v) is 17.0. The van der Waals surface area contributed by atoms with Gasteiger partial charge in [-0.25, -0.2) is 8.42 Å².